The fourth-order valence-corrected chi connectivity index (χ4v) is 1.54. The molecule has 0 rings (SSSR count). The van der Waals surface area contributed by atoms with Crippen LogP contribution < -0.4 is 5.32 Å². The number of nitrogens with zero attached hydrogens (tertiary/aromatic N) is 1. The van der Waals surface area contributed by atoms with Gasteiger partial charge in [0, 0.05) is 18.2 Å². The molecule has 0 fully saturated rings. The molecule has 0 saturated heterocycles. The van der Waals surface area contributed by atoms with Gasteiger partial charge in [-0.2, -0.15) is 0 Å². The van der Waals surface area contributed by atoms with Gasteiger partial charge in [-0.15, -0.1) is 0 Å². The quantitative estimate of drug-likeness (QED) is 0.375. The monoisotopic (exact) mass is 230 g/mol. The third-order valence-electron chi connectivity index (χ3n) is 2.66. The van der Waals surface area contributed by atoms with Gasteiger partial charge in [-0.1, -0.05) is 13.8 Å². The van der Waals surface area contributed by atoms with Crippen molar-refractivity contribution in [2.24, 2.45) is 16.8 Å². The minimum atomic E-state index is -0.702. The third-order valence-corrected chi connectivity index (χ3v) is 2.66. The molecule has 4 heteroatoms. The van der Waals surface area contributed by atoms with Crippen LogP contribution in [0.3, 0.4) is 0 Å². The Bertz CT molecular complexity index is 193. The molecule has 0 aromatic heterocycles. The first-order chi connectivity index (χ1) is 7.49. The zero-order valence-corrected chi connectivity index (χ0v) is 11.1. The van der Waals surface area contributed by atoms with Crippen LogP contribution in [0, 0.1) is 11.8 Å². The van der Waals surface area contributed by atoms with Gasteiger partial charge in [0.25, 0.3) is 0 Å². The molecule has 2 N–H and O–H groups in total. The number of nitrogens with one attached hydrogen (secondary N) is 1. The topological polar surface area (TPSA) is 53.9 Å². The highest BCUT2D eigenvalue weighted by Gasteiger charge is 2.16. The van der Waals surface area contributed by atoms with Crippen LogP contribution in [0.5, 0.6) is 0 Å². The summed E-state index contributed by atoms with van der Waals surface area (Å²) in [7, 11) is 1.96. The molecule has 0 aliphatic heterocycles. The Morgan fingerprint density at radius 1 is 1.31 bits per heavy atom. The van der Waals surface area contributed by atoms with Crippen LogP contribution in [0.25, 0.3) is 0 Å². The number of rotatable bonds is 8. The molecule has 0 aliphatic carbocycles. The van der Waals surface area contributed by atoms with Crippen molar-refractivity contribution >= 4 is 6.21 Å². The summed E-state index contributed by atoms with van der Waals surface area (Å²) in [6.07, 6.45) is 1.30. The Hall–Kier alpha value is -0.450. The maximum Gasteiger partial charge on any atom is 0.151 e. The SMILES string of the molecule is CNC(C)C(/C=N\CCOC(C)O)C(C)C. The first kappa shape index (κ1) is 15.6. The van der Waals surface area contributed by atoms with E-state index in [2.05, 4.69) is 31.1 Å². The van der Waals surface area contributed by atoms with Gasteiger partial charge in [-0.25, -0.2) is 0 Å². The van der Waals surface area contributed by atoms with E-state index in [-0.39, 0.29) is 0 Å². The minimum absolute atomic E-state index is 0.418. The second-order valence-corrected chi connectivity index (χ2v) is 4.42. The fourth-order valence-electron chi connectivity index (χ4n) is 1.54. The average Bonchev–Trinajstić information content (AvgIpc) is 2.21. The van der Waals surface area contributed by atoms with E-state index < -0.39 is 6.29 Å². The largest absolute Gasteiger partial charge is 0.368 e. The number of hydrogen-bond donors (Lipinski definition) is 2. The molecule has 0 bridgehead atoms. The van der Waals surface area contributed by atoms with Crippen LogP contribution >= 0.6 is 0 Å². The van der Waals surface area contributed by atoms with Crippen molar-refractivity contribution in [2.75, 3.05) is 20.2 Å². The van der Waals surface area contributed by atoms with E-state index in [1.807, 2.05) is 13.3 Å². The van der Waals surface area contributed by atoms with Crippen molar-refractivity contribution in [3.63, 3.8) is 0 Å². The van der Waals surface area contributed by atoms with Gasteiger partial charge >= 0.3 is 0 Å². The smallest absolute Gasteiger partial charge is 0.151 e. The fraction of sp³-hybridized carbons (Fsp3) is 0.917. The second-order valence-electron chi connectivity index (χ2n) is 4.42. The summed E-state index contributed by atoms with van der Waals surface area (Å²) in [4.78, 5) is 4.33. The molecular formula is C12H26N2O2. The van der Waals surface area contributed by atoms with E-state index >= 15 is 0 Å². The number of aliphatic imine (C=N–C) groups is 1. The van der Waals surface area contributed by atoms with Crippen molar-refractivity contribution in [1.82, 2.24) is 5.32 Å². The number of aliphatic hydroxyl groups excluding tert-OH is 1. The Kier molecular flexibility index (Phi) is 8.43. The van der Waals surface area contributed by atoms with Gasteiger partial charge < -0.3 is 15.2 Å². The van der Waals surface area contributed by atoms with Crippen LogP contribution in [0.15, 0.2) is 4.99 Å². The molecule has 3 atom stereocenters. The van der Waals surface area contributed by atoms with E-state index in [0.717, 1.165) is 0 Å². The van der Waals surface area contributed by atoms with Crippen LogP contribution in [0.1, 0.15) is 27.7 Å². The van der Waals surface area contributed by atoms with Crippen LogP contribution in [-0.4, -0.2) is 43.9 Å². The first-order valence-corrected chi connectivity index (χ1v) is 5.96. The van der Waals surface area contributed by atoms with E-state index in [1.165, 1.54) is 0 Å². The number of aliphatic hydroxyl groups is 1. The Balaban J connectivity index is 3.95. The molecule has 0 saturated carbocycles. The molecule has 0 amide bonds. The zero-order valence-electron chi connectivity index (χ0n) is 11.1. The summed E-state index contributed by atoms with van der Waals surface area (Å²) in [6, 6.07) is 0.418. The van der Waals surface area contributed by atoms with Crippen molar-refractivity contribution in [2.45, 2.75) is 40.0 Å². The summed E-state index contributed by atoms with van der Waals surface area (Å²) >= 11 is 0. The number of ether oxygens (including phenoxy) is 1. The summed E-state index contributed by atoms with van der Waals surface area (Å²) in [5.74, 6) is 0.987. The lowest BCUT2D eigenvalue weighted by atomic mass is 9.90. The number of hydrogen-bond acceptors (Lipinski definition) is 4. The Morgan fingerprint density at radius 2 is 1.94 bits per heavy atom. The van der Waals surface area contributed by atoms with Crippen molar-refractivity contribution in [3.8, 4) is 0 Å². The molecule has 3 unspecified atom stereocenters. The molecule has 0 spiro atoms. The molecule has 0 aliphatic rings. The van der Waals surface area contributed by atoms with Crippen LogP contribution in [-0.2, 0) is 4.74 Å². The molecular weight excluding hydrogens is 204 g/mol. The van der Waals surface area contributed by atoms with Gasteiger partial charge in [-0.05, 0) is 26.8 Å². The van der Waals surface area contributed by atoms with Gasteiger partial charge in [-0.3, -0.25) is 4.99 Å². The van der Waals surface area contributed by atoms with E-state index in [9.17, 15) is 0 Å². The normalized spacial score (nSPS) is 17.9. The first-order valence-electron chi connectivity index (χ1n) is 5.96. The van der Waals surface area contributed by atoms with Gasteiger partial charge in [0.2, 0.25) is 0 Å². The predicted molar refractivity (Wildman–Crippen MR) is 67.8 cm³/mol. The molecule has 4 nitrogen and oxygen atoms in total. The highest BCUT2D eigenvalue weighted by Crippen LogP contribution is 2.12. The molecule has 0 radical (unpaired) electrons. The average molecular weight is 230 g/mol. The molecule has 16 heavy (non-hydrogen) atoms. The lowest BCUT2D eigenvalue weighted by molar-refractivity contribution is -0.0818. The Labute approximate surface area is 99.1 Å². The standard InChI is InChI=1S/C12H26N2O2/c1-9(2)12(10(3)13-5)8-14-6-7-16-11(4)15/h8-13,15H,6-7H2,1-5H3/b14-8-. The van der Waals surface area contributed by atoms with Crippen LogP contribution in [0.4, 0.5) is 0 Å². The van der Waals surface area contributed by atoms with Crippen molar-refractivity contribution in [1.29, 1.82) is 0 Å². The summed E-state index contributed by atoms with van der Waals surface area (Å²) in [6.45, 7) is 9.21. The predicted octanol–water partition coefficient (Wildman–Crippen LogP) is 1.29. The highest BCUT2D eigenvalue weighted by atomic mass is 16.6. The minimum Gasteiger partial charge on any atom is -0.368 e. The third kappa shape index (κ3) is 6.93. The van der Waals surface area contributed by atoms with E-state index in [1.54, 1.807) is 6.92 Å². The molecule has 0 aromatic rings. The molecule has 96 valence electrons. The van der Waals surface area contributed by atoms with Gasteiger partial charge in [0.1, 0.15) is 0 Å². The lowest BCUT2D eigenvalue weighted by Crippen LogP contribution is -2.34. The van der Waals surface area contributed by atoms with E-state index in [4.69, 9.17) is 9.84 Å². The maximum atomic E-state index is 8.89. The zero-order chi connectivity index (χ0) is 12.6. The molecule has 0 heterocycles. The Morgan fingerprint density at radius 3 is 2.38 bits per heavy atom. The summed E-state index contributed by atoms with van der Waals surface area (Å²) < 4.78 is 5.00. The van der Waals surface area contributed by atoms with Gasteiger partial charge in [0.05, 0.1) is 13.2 Å². The lowest BCUT2D eigenvalue weighted by Gasteiger charge is -2.23. The summed E-state index contributed by atoms with van der Waals surface area (Å²) in [5.41, 5.74) is 0. The molecule has 0 aromatic carbocycles. The van der Waals surface area contributed by atoms with Crippen molar-refractivity contribution < 1.29 is 9.84 Å². The second kappa shape index (κ2) is 8.67. The summed E-state index contributed by atoms with van der Waals surface area (Å²) in [5, 5.41) is 12.1. The highest BCUT2D eigenvalue weighted by molar-refractivity contribution is 5.62. The maximum absolute atomic E-state index is 8.89. The van der Waals surface area contributed by atoms with Gasteiger partial charge in [0.15, 0.2) is 6.29 Å². The van der Waals surface area contributed by atoms with Crippen LogP contribution in [0.2, 0.25) is 0 Å². The van der Waals surface area contributed by atoms with E-state index in [0.29, 0.717) is 31.0 Å². The van der Waals surface area contributed by atoms with Crippen molar-refractivity contribution in [3.05, 3.63) is 0 Å².